The molecule has 3 rings (SSSR count). The third-order valence-corrected chi connectivity index (χ3v) is 4.03. The van der Waals surface area contributed by atoms with E-state index in [2.05, 4.69) is 20.2 Å². The molecule has 6 heteroatoms. The molecule has 0 aliphatic carbocycles. The van der Waals surface area contributed by atoms with Gasteiger partial charge in [-0.3, -0.25) is 9.78 Å². The van der Waals surface area contributed by atoms with Crippen molar-refractivity contribution < 1.29 is 4.79 Å². The zero-order valence-electron chi connectivity index (χ0n) is 12.1. The van der Waals surface area contributed by atoms with Gasteiger partial charge < -0.3 is 10.2 Å². The summed E-state index contributed by atoms with van der Waals surface area (Å²) in [6, 6.07) is 7.42. The molecule has 114 valence electrons. The second-order valence-corrected chi connectivity index (χ2v) is 5.74. The molecule has 0 bridgehead atoms. The lowest BCUT2D eigenvalue weighted by Crippen LogP contribution is -2.44. The molecule has 2 aromatic rings. The van der Waals surface area contributed by atoms with Gasteiger partial charge >= 0.3 is 0 Å². The number of aromatic nitrogens is 2. The van der Waals surface area contributed by atoms with Crippen LogP contribution in [0.5, 0.6) is 0 Å². The van der Waals surface area contributed by atoms with Crippen LogP contribution in [0.15, 0.2) is 42.9 Å². The lowest BCUT2D eigenvalue weighted by Gasteiger charge is -2.33. The number of pyridine rings is 2. The molecule has 1 amide bonds. The van der Waals surface area contributed by atoms with Crippen LogP contribution >= 0.6 is 11.6 Å². The Bertz CT molecular complexity index is 624. The van der Waals surface area contributed by atoms with Gasteiger partial charge in [0.05, 0.1) is 5.02 Å². The highest BCUT2D eigenvalue weighted by Crippen LogP contribution is 2.19. The van der Waals surface area contributed by atoms with Gasteiger partial charge in [0.2, 0.25) is 0 Å². The molecule has 2 aromatic heterocycles. The van der Waals surface area contributed by atoms with Gasteiger partial charge in [-0.15, -0.1) is 0 Å². The van der Waals surface area contributed by atoms with E-state index in [-0.39, 0.29) is 11.9 Å². The van der Waals surface area contributed by atoms with Crippen molar-refractivity contribution in [2.45, 2.75) is 18.9 Å². The molecule has 0 saturated carbocycles. The van der Waals surface area contributed by atoms with E-state index in [1.807, 2.05) is 12.1 Å². The van der Waals surface area contributed by atoms with Crippen LogP contribution in [-0.4, -0.2) is 35.0 Å². The number of piperidine rings is 1. The monoisotopic (exact) mass is 316 g/mol. The third-order valence-electron chi connectivity index (χ3n) is 3.81. The largest absolute Gasteiger partial charge is 0.356 e. The van der Waals surface area contributed by atoms with Crippen molar-refractivity contribution in [3.63, 3.8) is 0 Å². The number of halogens is 1. The molecule has 0 spiro atoms. The van der Waals surface area contributed by atoms with Gasteiger partial charge in [0.25, 0.3) is 5.91 Å². The van der Waals surface area contributed by atoms with E-state index in [1.165, 1.54) is 0 Å². The molecule has 1 saturated heterocycles. The molecule has 1 aliphatic heterocycles. The number of nitrogens with one attached hydrogen (secondary N) is 1. The van der Waals surface area contributed by atoms with Crippen LogP contribution in [0.25, 0.3) is 0 Å². The summed E-state index contributed by atoms with van der Waals surface area (Å²) in [5.74, 6) is 0.897. The lowest BCUT2D eigenvalue weighted by molar-refractivity contribution is 0.0931. The number of nitrogens with zero attached hydrogens (tertiary/aromatic N) is 3. The highest BCUT2D eigenvalue weighted by atomic mass is 35.5. The van der Waals surface area contributed by atoms with Crippen molar-refractivity contribution in [2.24, 2.45) is 0 Å². The molecular formula is C16H17ClN4O. The van der Waals surface area contributed by atoms with Crippen LogP contribution in [0.1, 0.15) is 23.2 Å². The number of hydrogen-bond acceptors (Lipinski definition) is 4. The second kappa shape index (κ2) is 6.75. The summed E-state index contributed by atoms with van der Waals surface area (Å²) >= 11 is 5.86. The normalized spacial score (nSPS) is 15.6. The highest BCUT2D eigenvalue weighted by molar-refractivity contribution is 6.30. The van der Waals surface area contributed by atoms with Crippen molar-refractivity contribution in [1.82, 2.24) is 15.3 Å². The van der Waals surface area contributed by atoms with Crippen molar-refractivity contribution in [3.05, 3.63) is 53.4 Å². The Morgan fingerprint density at radius 1 is 1.18 bits per heavy atom. The molecule has 5 nitrogen and oxygen atoms in total. The van der Waals surface area contributed by atoms with E-state index in [1.54, 1.807) is 30.7 Å². The van der Waals surface area contributed by atoms with Gasteiger partial charge in [0.1, 0.15) is 5.82 Å². The fraction of sp³-hybridized carbons (Fsp3) is 0.312. The fourth-order valence-electron chi connectivity index (χ4n) is 2.58. The SMILES string of the molecule is O=C(NC1CCN(c2ccc(Cl)cn2)CC1)c1ccncc1. The Hall–Kier alpha value is -2.14. The summed E-state index contributed by atoms with van der Waals surface area (Å²) in [5, 5.41) is 3.72. The summed E-state index contributed by atoms with van der Waals surface area (Å²) in [5.41, 5.74) is 0.650. The molecule has 0 unspecified atom stereocenters. The van der Waals surface area contributed by atoms with Gasteiger partial charge in [-0.05, 0) is 37.1 Å². The Kier molecular flexibility index (Phi) is 4.53. The van der Waals surface area contributed by atoms with Crippen LogP contribution in [0.3, 0.4) is 0 Å². The minimum absolute atomic E-state index is 0.0366. The summed E-state index contributed by atoms with van der Waals surface area (Å²) in [6.07, 6.45) is 6.73. The first-order valence-electron chi connectivity index (χ1n) is 7.30. The molecule has 1 aliphatic rings. The highest BCUT2D eigenvalue weighted by Gasteiger charge is 2.21. The molecule has 1 fully saturated rings. The number of anilines is 1. The minimum Gasteiger partial charge on any atom is -0.356 e. The van der Waals surface area contributed by atoms with Gasteiger partial charge in [-0.1, -0.05) is 11.6 Å². The van der Waals surface area contributed by atoms with E-state index in [0.29, 0.717) is 10.6 Å². The first kappa shape index (κ1) is 14.8. The second-order valence-electron chi connectivity index (χ2n) is 5.31. The molecular weight excluding hydrogens is 300 g/mol. The van der Waals surface area contributed by atoms with Crippen molar-refractivity contribution in [3.8, 4) is 0 Å². The number of carbonyl (C=O) groups excluding carboxylic acids is 1. The van der Waals surface area contributed by atoms with Crippen LogP contribution in [0.2, 0.25) is 5.02 Å². The van der Waals surface area contributed by atoms with Crippen molar-refractivity contribution in [1.29, 1.82) is 0 Å². The maximum Gasteiger partial charge on any atom is 0.251 e. The minimum atomic E-state index is -0.0366. The average Bonchev–Trinajstić information content (AvgIpc) is 2.57. The first-order valence-corrected chi connectivity index (χ1v) is 7.67. The number of rotatable bonds is 3. The Morgan fingerprint density at radius 3 is 2.55 bits per heavy atom. The fourth-order valence-corrected chi connectivity index (χ4v) is 2.69. The smallest absolute Gasteiger partial charge is 0.251 e. The van der Waals surface area contributed by atoms with Gasteiger partial charge in [-0.25, -0.2) is 4.98 Å². The van der Waals surface area contributed by atoms with E-state index >= 15 is 0 Å². The zero-order chi connectivity index (χ0) is 15.4. The molecule has 0 atom stereocenters. The lowest BCUT2D eigenvalue weighted by atomic mass is 10.0. The molecule has 0 radical (unpaired) electrons. The topological polar surface area (TPSA) is 58.1 Å². The van der Waals surface area contributed by atoms with Gasteiger partial charge in [0.15, 0.2) is 0 Å². The van der Waals surface area contributed by atoms with Crippen LogP contribution in [-0.2, 0) is 0 Å². The van der Waals surface area contributed by atoms with Gasteiger partial charge in [-0.2, -0.15) is 0 Å². The van der Waals surface area contributed by atoms with E-state index in [4.69, 9.17) is 11.6 Å². The zero-order valence-corrected chi connectivity index (χ0v) is 12.8. The van der Waals surface area contributed by atoms with Crippen LogP contribution in [0, 0.1) is 0 Å². The van der Waals surface area contributed by atoms with Crippen molar-refractivity contribution >= 4 is 23.3 Å². The van der Waals surface area contributed by atoms with Crippen molar-refractivity contribution in [2.75, 3.05) is 18.0 Å². The van der Waals surface area contributed by atoms with E-state index in [9.17, 15) is 4.79 Å². The predicted molar refractivity (Wildman–Crippen MR) is 86.2 cm³/mol. The molecule has 0 aromatic carbocycles. The molecule has 1 N–H and O–H groups in total. The maximum atomic E-state index is 12.1. The third kappa shape index (κ3) is 3.54. The Balaban J connectivity index is 1.53. The Morgan fingerprint density at radius 2 is 1.91 bits per heavy atom. The summed E-state index contributed by atoms with van der Waals surface area (Å²) < 4.78 is 0. The standard InChI is InChI=1S/C16H17ClN4O/c17-13-1-2-15(19-11-13)21-9-5-14(6-10-21)20-16(22)12-3-7-18-8-4-12/h1-4,7-8,11,14H,5-6,9-10H2,(H,20,22). The molecule has 3 heterocycles. The quantitative estimate of drug-likeness (QED) is 0.945. The first-order chi connectivity index (χ1) is 10.7. The summed E-state index contributed by atoms with van der Waals surface area (Å²) in [6.45, 7) is 1.74. The summed E-state index contributed by atoms with van der Waals surface area (Å²) in [4.78, 5) is 22.6. The van der Waals surface area contributed by atoms with E-state index in [0.717, 1.165) is 31.7 Å². The molecule has 22 heavy (non-hydrogen) atoms. The Labute approximate surface area is 134 Å². The number of hydrogen-bond donors (Lipinski definition) is 1. The maximum absolute atomic E-state index is 12.1. The van der Waals surface area contributed by atoms with E-state index < -0.39 is 0 Å². The predicted octanol–water partition coefficient (Wildman–Crippen LogP) is 2.53. The number of amides is 1. The van der Waals surface area contributed by atoms with Gasteiger partial charge in [0, 0.05) is 43.3 Å². The van der Waals surface area contributed by atoms with Crippen LogP contribution in [0.4, 0.5) is 5.82 Å². The average molecular weight is 317 g/mol. The number of carbonyl (C=O) groups is 1. The van der Waals surface area contributed by atoms with Crippen LogP contribution < -0.4 is 10.2 Å². The summed E-state index contributed by atoms with van der Waals surface area (Å²) in [7, 11) is 0.